The Labute approximate surface area is 229 Å². The Balaban J connectivity index is 1.20. The summed E-state index contributed by atoms with van der Waals surface area (Å²) in [6, 6.07) is 0. The number of hydrogen-bond donors (Lipinski definition) is 1. The van der Waals surface area contributed by atoms with E-state index >= 15 is 0 Å². The summed E-state index contributed by atoms with van der Waals surface area (Å²) in [5.41, 5.74) is 6.87. The van der Waals surface area contributed by atoms with Crippen molar-refractivity contribution in [2.75, 3.05) is 31.9 Å². The molecule has 0 aromatic carbocycles. The molecule has 2 aromatic heterocycles. The minimum absolute atomic E-state index is 0.0466. The number of nitrogens with two attached hydrogens (primary N) is 1. The number of carbonyl (C=O) groups is 1. The number of aryl methyl sites for hydroxylation is 1. The molecule has 4 aliphatic heterocycles. The number of piperidine rings is 1. The van der Waals surface area contributed by atoms with Crippen LogP contribution in [0.25, 0.3) is 11.2 Å². The smallest absolute Gasteiger partial charge is 0.410 e. The fourth-order valence-corrected chi connectivity index (χ4v) is 6.76. The molecule has 0 bridgehead atoms. The lowest BCUT2D eigenvalue weighted by atomic mass is 9.84. The summed E-state index contributed by atoms with van der Waals surface area (Å²) in [7, 11) is 0. The highest BCUT2D eigenvalue weighted by Crippen LogP contribution is 2.46. The number of amides is 1. The van der Waals surface area contributed by atoms with Gasteiger partial charge in [-0.15, -0.1) is 0 Å². The number of nitrogen functional groups attached to an aromatic ring is 1. The molecule has 0 aliphatic carbocycles. The van der Waals surface area contributed by atoms with E-state index in [0.717, 1.165) is 38.8 Å². The number of rotatable bonds is 3. The van der Waals surface area contributed by atoms with Gasteiger partial charge < -0.3 is 29.6 Å². The normalized spacial score (nSPS) is 30.4. The molecule has 12 nitrogen and oxygen atoms in total. The van der Waals surface area contributed by atoms with Crippen molar-refractivity contribution in [3.8, 4) is 0 Å². The van der Waals surface area contributed by atoms with Gasteiger partial charge in [-0.2, -0.15) is 0 Å². The van der Waals surface area contributed by atoms with E-state index in [2.05, 4.69) is 19.9 Å². The standard InChI is InChI=1S/C27H41N7O5/c1-16-30-21(28)18-22(31-16)34(15-29-18)23-20-19(37-26(5,6)38-20)17(36-23)14-33-11-7-8-27(33)9-12-32(13-10-27)24(35)39-25(2,3)4/h15,17,19-20,23H,7-14H2,1-6H3,(H2,28,30,31)/t17-,19-,20-,23-/m1/s1. The maximum atomic E-state index is 12.7. The summed E-state index contributed by atoms with van der Waals surface area (Å²) < 4.78 is 27.0. The molecular weight excluding hydrogens is 502 g/mol. The summed E-state index contributed by atoms with van der Waals surface area (Å²) in [5.74, 6) is 0.202. The molecule has 4 aliphatic rings. The van der Waals surface area contributed by atoms with Crippen molar-refractivity contribution in [2.45, 2.75) is 109 Å². The second-order valence-corrected chi connectivity index (χ2v) is 12.9. The van der Waals surface area contributed by atoms with E-state index in [0.29, 0.717) is 35.9 Å². The Morgan fingerprint density at radius 2 is 1.85 bits per heavy atom. The van der Waals surface area contributed by atoms with Crippen molar-refractivity contribution in [1.82, 2.24) is 29.3 Å². The van der Waals surface area contributed by atoms with Crippen LogP contribution < -0.4 is 5.73 Å². The van der Waals surface area contributed by atoms with Crippen molar-refractivity contribution < 1.29 is 23.7 Å². The third-order valence-electron chi connectivity index (χ3n) is 8.45. The third kappa shape index (κ3) is 4.85. The van der Waals surface area contributed by atoms with Crippen LogP contribution in [0.1, 0.15) is 72.4 Å². The van der Waals surface area contributed by atoms with Gasteiger partial charge in [-0.1, -0.05) is 0 Å². The summed E-state index contributed by atoms with van der Waals surface area (Å²) in [6.07, 6.45) is 4.36. The van der Waals surface area contributed by atoms with Gasteiger partial charge >= 0.3 is 6.09 Å². The van der Waals surface area contributed by atoms with Gasteiger partial charge in [0.2, 0.25) is 0 Å². The van der Waals surface area contributed by atoms with Gasteiger partial charge in [-0.25, -0.2) is 19.7 Å². The van der Waals surface area contributed by atoms with Gasteiger partial charge in [0.1, 0.15) is 35.3 Å². The molecule has 4 fully saturated rings. The van der Waals surface area contributed by atoms with Crippen LogP contribution in [0.2, 0.25) is 0 Å². The highest BCUT2D eigenvalue weighted by atomic mass is 16.8. The lowest BCUT2D eigenvalue weighted by Crippen LogP contribution is -2.56. The summed E-state index contributed by atoms with van der Waals surface area (Å²) >= 11 is 0. The summed E-state index contributed by atoms with van der Waals surface area (Å²) in [5, 5.41) is 0. The minimum Gasteiger partial charge on any atom is -0.444 e. The second-order valence-electron chi connectivity index (χ2n) is 12.9. The predicted molar refractivity (Wildman–Crippen MR) is 143 cm³/mol. The van der Waals surface area contributed by atoms with Crippen LogP contribution in [-0.4, -0.2) is 96.8 Å². The van der Waals surface area contributed by atoms with Gasteiger partial charge in [0, 0.05) is 25.2 Å². The van der Waals surface area contributed by atoms with E-state index in [1.807, 2.05) is 51.0 Å². The number of carbonyl (C=O) groups excluding carboxylic acids is 1. The fraction of sp³-hybridized carbons (Fsp3) is 0.778. The number of anilines is 1. The van der Waals surface area contributed by atoms with Crippen LogP contribution in [0.3, 0.4) is 0 Å². The van der Waals surface area contributed by atoms with Gasteiger partial charge in [0.05, 0.1) is 6.33 Å². The van der Waals surface area contributed by atoms with Crippen LogP contribution in [0.15, 0.2) is 6.33 Å². The van der Waals surface area contributed by atoms with E-state index in [1.165, 1.54) is 0 Å². The highest BCUT2D eigenvalue weighted by molar-refractivity contribution is 5.81. The first-order chi connectivity index (χ1) is 18.3. The number of imidazole rings is 1. The first kappa shape index (κ1) is 26.7. The number of ether oxygens (including phenoxy) is 4. The SMILES string of the molecule is Cc1nc(N)c2ncn([C@@H]3O[C@H](CN4CCCC45CCN(C(=O)OC(C)(C)C)CC5)[C@H]4OC(C)(C)O[C@H]43)c2n1. The number of nitrogens with zero attached hydrogens (tertiary/aromatic N) is 6. The number of aromatic nitrogens is 4. The van der Waals surface area contributed by atoms with Gasteiger partial charge in [0.25, 0.3) is 0 Å². The maximum absolute atomic E-state index is 12.7. The number of fused-ring (bicyclic) bond motifs is 2. The molecule has 1 amide bonds. The van der Waals surface area contributed by atoms with Crippen LogP contribution in [0, 0.1) is 6.92 Å². The van der Waals surface area contributed by atoms with Crippen molar-refractivity contribution in [2.24, 2.45) is 0 Å². The topological polar surface area (TPSA) is 130 Å². The maximum Gasteiger partial charge on any atom is 0.410 e. The van der Waals surface area contributed by atoms with Crippen LogP contribution >= 0.6 is 0 Å². The fourth-order valence-electron chi connectivity index (χ4n) is 6.76. The van der Waals surface area contributed by atoms with Gasteiger partial charge in [0.15, 0.2) is 23.5 Å². The zero-order valence-corrected chi connectivity index (χ0v) is 23.8. The minimum atomic E-state index is -0.725. The predicted octanol–water partition coefficient (Wildman–Crippen LogP) is 3.00. The average molecular weight is 544 g/mol. The third-order valence-corrected chi connectivity index (χ3v) is 8.45. The average Bonchev–Trinajstić information content (AvgIpc) is 3.57. The number of hydrogen-bond acceptors (Lipinski definition) is 10. The van der Waals surface area contributed by atoms with E-state index in [4.69, 9.17) is 24.7 Å². The van der Waals surface area contributed by atoms with E-state index in [1.54, 1.807) is 6.33 Å². The molecule has 6 heterocycles. The highest BCUT2D eigenvalue weighted by Gasteiger charge is 2.57. The van der Waals surface area contributed by atoms with Crippen molar-refractivity contribution >= 4 is 23.1 Å². The molecule has 0 unspecified atom stereocenters. The van der Waals surface area contributed by atoms with Crippen LogP contribution in [-0.2, 0) is 18.9 Å². The Bertz CT molecular complexity index is 1250. The van der Waals surface area contributed by atoms with Crippen molar-refractivity contribution in [1.29, 1.82) is 0 Å². The molecule has 39 heavy (non-hydrogen) atoms. The molecule has 12 heteroatoms. The molecule has 4 atom stereocenters. The number of likely N-dealkylation sites (tertiary alicyclic amines) is 2. The molecule has 2 N–H and O–H groups in total. The van der Waals surface area contributed by atoms with Crippen molar-refractivity contribution in [3.63, 3.8) is 0 Å². The first-order valence-corrected chi connectivity index (χ1v) is 14.0. The lowest BCUT2D eigenvalue weighted by Gasteiger charge is -2.46. The van der Waals surface area contributed by atoms with Crippen molar-refractivity contribution in [3.05, 3.63) is 12.2 Å². The molecule has 214 valence electrons. The second kappa shape index (κ2) is 9.25. The quantitative estimate of drug-likeness (QED) is 0.616. The summed E-state index contributed by atoms with van der Waals surface area (Å²) in [4.78, 5) is 30.4. The van der Waals surface area contributed by atoms with Gasteiger partial charge in [-0.05, 0) is 73.8 Å². The van der Waals surface area contributed by atoms with E-state index in [9.17, 15) is 4.79 Å². The van der Waals surface area contributed by atoms with Gasteiger partial charge in [-0.3, -0.25) is 9.47 Å². The molecule has 6 rings (SSSR count). The monoisotopic (exact) mass is 543 g/mol. The molecule has 1 spiro atoms. The molecule has 2 aromatic rings. The van der Waals surface area contributed by atoms with E-state index < -0.39 is 17.6 Å². The molecule has 0 saturated carbocycles. The zero-order chi connectivity index (χ0) is 27.7. The van der Waals surface area contributed by atoms with Crippen LogP contribution in [0.4, 0.5) is 10.6 Å². The first-order valence-electron chi connectivity index (χ1n) is 14.0. The Hall–Kier alpha value is -2.54. The molecule has 4 saturated heterocycles. The summed E-state index contributed by atoms with van der Waals surface area (Å²) in [6.45, 7) is 14.5. The molecular formula is C27H41N7O5. The largest absolute Gasteiger partial charge is 0.444 e. The van der Waals surface area contributed by atoms with Crippen LogP contribution in [0.5, 0.6) is 0 Å². The Morgan fingerprint density at radius 3 is 2.56 bits per heavy atom. The zero-order valence-electron chi connectivity index (χ0n) is 23.8. The lowest BCUT2D eigenvalue weighted by molar-refractivity contribution is -0.199. The Kier molecular flexibility index (Phi) is 6.33. The Morgan fingerprint density at radius 1 is 1.13 bits per heavy atom. The molecule has 0 radical (unpaired) electrons. The van der Waals surface area contributed by atoms with E-state index in [-0.39, 0.29) is 29.9 Å².